The Hall–Kier alpha value is 0.180. The van der Waals surface area contributed by atoms with Gasteiger partial charge in [-0.15, -0.1) is 0 Å². The highest BCUT2D eigenvalue weighted by atomic mass is 79.9. The fourth-order valence-corrected chi connectivity index (χ4v) is 0.502. The average molecular weight is 238 g/mol. The predicted octanol–water partition coefficient (Wildman–Crippen LogP) is 3.36. The lowest BCUT2D eigenvalue weighted by molar-refractivity contribution is 1.93. The first-order valence-corrected chi connectivity index (χ1v) is 3.77. The van der Waals surface area contributed by atoms with Gasteiger partial charge in [0.2, 0.25) is 0 Å². The molecule has 0 aromatic rings. The van der Waals surface area contributed by atoms with Crippen LogP contribution in [0.5, 0.6) is 0 Å². The van der Waals surface area contributed by atoms with Crippen LogP contribution in [0, 0.1) is 0 Å². The maximum absolute atomic E-state index is 3.55. The summed E-state index contributed by atoms with van der Waals surface area (Å²) in [6.45, 7) is 3.55. The second-order valence-corrected chi connectivity index (χ2v) is 2.52. The van der Waals surface area contributed by atoms with E-state index in [0.717, 1.165) is 4.48 Å². The molecule has 2 heteroatoms. The molecule has 0 fully saturated rings. The SMILES string of the molecule is C=C/C(Br)=C\C=C\Br. The summed E-state index contributed by atoms with van der Waals surface area (Å²) in [4.78, 5) is 1.78. The van der Waals surface area contributed by atoms with Crippen molar-refractivity contribution in [3.05, 3.63) is 34.3 Å². The molecule has 0 rings (SSSR count). The summed E-state index contributed by atoms with van der Waals surface area (Å²) < 4.78 is 0.980. The number of hydrogen-bond donors (Lipinski definition) is 0. The Kier molecular flexibility index (Phi) is 5.44. The van der Waals surface area contributed by atoms with Gasteiger partial charge in [-0.1, -0.05) is 50.6 Å². The maximum Gasteiger partial charge on any atom is 0.0169 e. The van der Waals surface area contributed by atoms with Crippen molar-refractivity contribution in [3.63, 3.8) is 0 Å². The van der Waals surface area contributed by atoms with Crippen molar-refractivity contribution in [2.45, 2.75) is 0 Å². The zero-order chi connectivity index (χ0) is 6.41. The van der Waals surface area contributed by atoms with Gasteiger partial charge < -0.3 is 0 Å². The molecule has 0 aliphatic rings. The smallest absolute Gasteiger partial charge is 0.0169 e. The third-order valence-corrected chi connectivity index (χ3v) is 1.42. The lowest BCUT2D eigenvalue weighted by atomic mass is 10.5. The van der Waals surface area contributed by atoms with Gasteiger partial charge in [-0.05, 0) is 11.1 Å². The van der Waals surface area contributed by atoms with Crippen molar-refractivity contribution < 1.29 is 0 Å². The molecule has 44 valence electrons. The second kappa shape index (κ2) is 5.32. The standard InChI is InChI=1S/C6H6Br2/c1-2-6(8)4-3-5-7/h2-5H,1H2/b5-3+,6-4+. The van der Waals surface area contributed by atoms with Gasteiger partial charge in [0, 0.05) is 4.48 Å². The van der Waals surface area contributed by atoms with E-state index in [-0.39, 0.29) is 0 Å². The summed E-state index contributed by atoms with van der Waals surface area (Å²) in [6.07, 6.45) is 5.49. The molecule has 0 aromatic carbocycles. The molecular weight excluding hydrogens is 232 g/mol. The third-order valence-electron chi connectivity index (χ3n) is 0.523. The first-order chi connectivity index (χ1) is 3.81. The summed E-state index contributed by atoms with van der Waals surface area (Å²) >= 11 is 6.38. The van der Waals surface area contributed by atoms with Gasteiger partial charge >= 0.3 is 0 Å². The molecule has 0 bridgehead atoms. The monoisotopic (exact) mass is 236 g/mol. The summed E-state index contributed by atoms with van der Waals surface area (Å²) in [5, 5.41) is 0. The number of rotatable bonds is 2. The zero-order valence-corrected chi connectivity index (χ0v) is 7.44. The van der Waals surface area contributed by atoms with Crippen molar-refractivity contribution >= 4 is 31.9 Å². The Morgan fingerprint density at radius 2 is 2.12 bits per heavy atom. The van der Waals surface area contributed by atoms with Crippen LogP contribution in [0.25, 0.3) is 0 Å². The molecule has 0 aromatic heterocycles. The lowest BCUT2D eigenvalue weighted by Gasteiger charge is -1.78. The molecular formula is C6H6Br2. The van der Waals surface area contributed by atoms with Crippen molar-refractivity contribution in [3.8, 4) is 0 Å². The van der Waals surface area contributed by atoms with Crippen molar-refractivity contribution in [1.82, 2.24) is 0 Å². The van der Waals surface area contributed by atoms with Gasteiger partial charge in [-0.3, -0.25) is 0 Å². The average Bonchev–Trinajstić information content (AvgIpc) is 1.83. The van der Waals surface area contributed by atoms with Crippen LogP contribution >= 0.6 is 31.9 Å². The fraction of sp³-hybridized carbons (Fsp3) is 0. The molecule has 0 aliphatic heterocycles. The maximum atomic E-state index is 3.55. The zero-order valence-electron chi connectivity index (χ0n) is 4.27. The molecule has 0 saturated carbocycles. The second-order valence-electron chi connectivity index (χ2n) is 1.07. The molecule has 0 saturated heterocycles. The van der Waals surface area contributed by atoms with Gasteiger partial charge in [0.25, 0.3) is 0 Å². The fourth-order valence-electron chi connectivity index (χ4n) is 0.196. The molecule has 0 amide bonds. The summed E-state index contributed by atoms with van der Waals surface area (Å²) in [5.74, 6) is 0. The van der Waals surface area contributed by atoms with E-state index in [9.17, 15) is 0 Å². The first-order valence-electron chi connectivity index (χ1n) is 2.06. The van der Waals surface area contributed by atoms with Gasteiger partial charge in [0.15, 0.2) is 0 Å². The summed E-state index contributed by atoms with van der Waals surface area (Å²) in [5.41, 5.74) is 0. The Balaban J connectivity index is 3.74. The third kappa shape index (κ3) is 4.34. The van der Waals surface area contributed by atoms with Crippen molar-refractivity contribution in [1.29, 1.82) is 0 Å². The summed E-state index contributed by atoms with van der Waals surface area (Å²) in [7, 11) is 0. The van der Waals surface area contributed by atoms with Crippen LogP contribution in [-0.2, 0) is 0 Å². The predicted molar refractivity (Wildman–Crippen MR) is 45.3 cm³/mol. The van der Waals surface area contributed by atoms with Crippen molar-refractivity contribution in [2.24, 2.45) is 0 Å². The van der Waals surface area contributed by atoms with Crippen molar-refractivity contribution in [2.75, 3.05) is 0 Å². The Bertz CT molecular complexity index is 122. The molecule has 8 heavy (non-hydrogen) atoms. The van der Waals surface area contributed by atoms with E-state index in [1.807, 2.05) is 12.2 Å². The number of hydrogen-bond acceptors (Lipinski definition) is 0. The van der Waals surface area contributed by atoms with Crippen LogP contribution in [0.15, 0.2) is 34.3 Å². The highest BCUT2D eigenvalue weighted by Crippen LogP contribution is 2.04. The first kappa shape index (κ1) is 8.18. The molecule has 0 unspecified atom stereocenters. The lowest BCUT2D eigenvalue weighted by Crippen LogP contribution is -1.53. The van der Waals surface area contributed by atoms with Gasteiger partial charge in [0.1, 0.15) is 0 Å². The highest BCUT2D eigenvalue weighted by Gasteiger charge is 1.73. The minimum atomic E-state index is 0.980. The summed E-state index contributed by atoms with van der Waals surface area (Å²) in [6, 6.07) is 0. The Morgan fingerprint density at radius 1 is 1.50 bits per heavy atom. The van der Waals surface area contributed by atoms with E-state index in [1.54, 1.807) is 11.1 Å². The number of allylic oxidation sites excluding steroid dienone is 4. The van der Waals surface area contributed by atoms with Crippen LogP contribution in [0.2, 0.25) is 0 Å². The minimum Gasteiger partial charge on any atom is -0.0979 e. The molecule has 0 aliphatic carbocycles. The van der Waals surface area contributed by atoms with E-state index in [0.29, 0.717) is 0 Å². The van der Waals surface area contributed by atoms with E-state index in [1.165, 1.54) is 0 Å². The molecule has 0 atom stereocenters. The molecule has 0 heterocycles. The molecule has 0 nitrogen and oxygen atoms in total. The Labute approximate surface area is 66.2 Å². The van der Waals surface area contributed by atoms with Gasteiger partial charge in [0.05, 0.1) is 0 Å². The van der Waals surface area contributed by atoms with E-state index in [2.05, 4.69) is 38.4 Å². The normalized spacial score (nSPS) is 12.5. The van der Waals surface area contributed by atoms with Crippen LogP contribution in [-0.4, -0.2) is 0 Å². The molecule has 0 radical (unpaired) electrons. The van der Waals surface area contributed by atoms with Crippen LogP contribution in [0.4, 0.5) is 0 Å². The van der Waals surface area contributed by atoms with Gasteiger partial charge in [-0.25, -0.2) is 0 Å². The van der Waals surface area contributed by atoms with E-state index < -0.39 is 0 Å². The Morgan fingerprint density at radius 3 is 2.50 bits per heavy atom. The quantitative estimate of drug-likeness (QED) is 0.647. The van der Waals surface area contributed by atoms with E-state index >= 15 is 0 Å². The topological polar surface area (TPSA) is 0 Å². The minimum absolute atomic E-state index is 0.980. The van der Waals surface area contributed by atoms with Gasteiger partial charge in [-0.2, -0.15) is 0 Å². The molecule has 0 N–H and O–H groups in total. The highest BCUT2D eigenvalue weighted by molar-refractivity contribution is 9.12. The van der Waals surface area contributed by atoms with Crippen LogP contribution in [0.1, 0.15) is 0 Å². The largest absolute Gasteiger partial charge is 0.0979 e. The van der Waals surface area contributed by atoms with E-state index in [4.69, 9.17) is 0 Å². The number of halogens is 2. The van der Waals surface area contributed by atoms with Crippen LogP contribution in [0.3, 0.4) is 0 Å². The van der Waals surface area contributed by atoms with Crippen LogP contribution < -0.4 is 0 Å². The molecule has 0 spiro atoms.